The summed E-state index contributed by atoms with van der Waals surface area (Å²) in [7, 11) is 0. The van der Waals surface area contributed by atoms with Gasteiger partial charge in [-0.2, -0.15) is 13.2 Å². The van der Waals surface area contributed by atoms with E-state index in [1.165, 1.54) is 24.3 Å². The number of benzene rings is 2. The fourth-order valence-corrected chi connectivity index (χ4v) is 5.03. The molecule has 1 fully saturated rings. The zero-order valence-electron chi connectivity index (χ0n) is 20.7. The summed E-state index contributed by atoms with van der Waals surface area (Å²) in [5.74, 6) is -4.53. The van der Waals surface area contributed by atoms with Crippen LogP contribution in [0.2, 0.25) is 10.0 Å². The number of anilines is 1. The molecule has 202 valence electrons. The van der Waals surface area contributed by atoms with Gasteiger partial charge in [0.1, 0.15) is 0 Å². The number of hydrogen-bond donors (Lipinski definition) is 1. The molecule has 3 atom stereocenters. The molecule has 0 aromatic heterocycles. The molecule has 10 heteroatoms. The van der Waals surface area contributed by atoms with Gasteiger partial charge in [-0.25, -0.2) is 0 Å². The van der Waals surface area contributed by atoms with Gasteiger partial charge in [0.2, 0.25) is 5.91 Å². The van der Waals surface area contributed by atoms with Crippen molar-refractivity contribution in [2.75, 3.05) is 5.32 Å². The number of carbonyl (C=O) groups excluding carboxylic acids is 2. The summed E-state index contributed by atoms with van der Waals surface area (Å²) in [5, 5.41) is 3.16. The van der Waals surface area contributed by atoms with E-state index in [4.69, 9.17) is 27.9 Å². The predicted octanol–water partition coefficient (Wildman–Crippen LogP) is 8.90. The smallest absolute Gasteiger partial charge is 0.392 e. The first-order valence-electron chi connectivity index (χ1n) is 12.0. The molecule has 1 aliphatic rings. The maximum absolute atomic E-state index is 13.7. The van der Waals surface area contributed by atoms with Gasteiger partial charge in [0.05, 0.1) is 29.0 Å². The molecule has 0 heterocycles. The SMILES string of the molecule is C[C@H]([C@H](C(=O)Nc1cc(C(CC(=O)OC(C)(C)I)C2CCC2)ccc1Cl)c1ccc(Cl)cc1)C(F)(F)F. The third-order valence-electron chi connectivity index (χ3n) is 6.67. The fourth-order valence-electron chi connectivity index (χ4n) is 4.50. The van der Waals surface area contributed by atoms with Gasteiger partial charge in [-0.15, -0.1) is 0 Å². The number of halogens is 6. The molecule has 1 N–H and O–H groups in total. The van der Waals surface area contributed by atoms with Crippen molar-refractivity contribution >= 4 is 63.4 Å². The molecule has 2 aromatic carbocycles. The van der Waals surface area contributed by atoms with Crippen molar-refractivity contribution in [3.05, 3.63) is 63.6 Å². The second-order valence-corrected chi connectivity index (χ2v) is 13.4. The first-order chi connectivity index (χ1) is 17.2. The van der Waals surface area contributed by atoms with Crippen LogP contribution >= 0.6 is 45.8 Å². The molecule has 3 rings (SSSR count). The lowest BCUT2D eigenvalue weighted by atomic mass is 9.71. The van der Waals surface area contributed by atoms with Gasteiger partial charge in [-0.05, 0) is 96.5 Å². The molecule has 1 aliphatic carbocycles. The van der Waals surface area contributed by atoms with E-state index in [2.05, 4.69) is 5.32 Å². The second-order valence-electron chi connectivity index (χ2n) is 9.93. The molecule has 0 spiro atoms. The van der Waals surface area contributed by atoms with E-state index < -0.39 is 27.5 Å². The van der Waals surface area contributed by atoms with Crippen LogP contribution in [0.25, 0.3) is 0 Å². The number of amides is 1. The summed E-state index contributed by atoms with van der Waals surface area (Å²) in [6.07, 6.45) is -1.47. The average Bonchev–Trinajstić information content (AvgIpc) is 2.73. The Hall–Kier alpha value is -1.52. The average molecular weight is 670 g/mol. The zero-order chi connectivity index (χ0) is 27.5. The number of alkyl halides is 4. The molecule has 0 aliphatic heterocycles. The molecule has 0 bridgehead atoms. The highest BCUT2D eigenvalue weighted by Gasteiger charge is 2.45. The van der Waals surface area contributed by atoms with Gasteiger partial charge < -0.3 is 10.1 Å². The van der Waals surface area contributed by atoms with Gasteiger partial charge in [0, 0.05) is 5.02 Å². The Balaban J connectivity index is 1.90. The van der Waals surface area contributed by atoms with E-state index in [0.29, 0.717) is 5.02 Å². The summed E-state index contributed by atoms with van der Waals surface area (Å²) in [5.41, 5.74) is 1.17. The van der Waals surface area contributed by atoms with Crippen LogP contribution in [0, 0.1) is 11.8 Å². The predicted molar refractivity (Wildman–Crippen MR) is 148 cm³/mol. The molecule has 1 amide bonds. The highest BCUT2D eigenvalue weighted by Crippen LogP contribution is 2.44. The number of esters is 1. The van der Waals surface area contributed by atoms with Gasteiger partial charge >= 0.3 is 12.1 Å². The number of rotatable bonds is 9. The lowest BCUT2D eigenvalue weighted by molar-refractivity contribution is -0.178. The van der Waals surface area contributed by atoms with E-state index in [9.17, 15) is 22.8 Å². The van der Waals surface area contributed by atoms with Crippen molar-refractivity contribution in [3.63, 3.8) is 0 Å². The molecule has 1 unspecified atom stereocenters. The molecule has 1 saturated carbocycles. The van der Waals surface area contributed by atoms with Gasteiger partial charge in [-0.3, -0.25) is 9.59 Å². The first kappa shape index (κ1) is 30.0. The zero-order valence-corrected chi connectivity index (χ0v) is 24.3. The quantitative estimate of drug-likeness (QED) is 0.165. The minimum Gasteiger partial charge on any atom is -0.449 e. The van der Waals surface area contributed by atoms with Crippen molar-refractivity contribution in [1.29, 1.82) is 0 Å². The third-order valence-corrected chi connectivity index (χ3v) is 7.47. The maximum Gasteiger partial charge on any atom is 0.392 e. The highest BCUT2D eigenvalue weighted by molar-refractivity contribution is 14.1. The topological polar surface area (TPSA) is 55.4 Å². The summed E-state index contributed by atoms with van der Waals surface area (Å²) >= 11 is 14.3. The lowest BCUT2D eigenvalue weighted by Crippen LogP contribution is -2.34. The Morgan fingerprint density at radius 3 is 2.19 bits per heavy atom. The molecule has 0 saturated heterocycles. The van der Waals surface area contributed by atoms with Gasteiger partial charge in [0.25, 0.3) is 0 Å². The maximum atomic E-state index is 13.7. The van der Waals surface area contributed by atoms with E-state index in [1.54, 1.807) is 32.0 Å². The van der Waals surface area contributed by atoms with Crippen molar-refractivity contribution in [2.45, 2.75) is 68.1 Å². The number of ether oxygens (including phenoxy) is 1. The molecule has 0 radical (unpaired) electrons. The van der Waals surface area contributed by atoms with Crippen molar-refractivity contribution in [1.82, 2.24) is 0 Å². The Labute approximate surface area is 238 Å². The Bertz CT molecular complexity index is 1120. The largest absolute Gasteiger partial charge is 0.449 e. The van der Waals surface area contributed by atoms with Crippen LogP contribution in [0.15, 0.2) is 42.5 Å². The molecular weight excluding hydrogens is 641 g/mol. The Kier molecular flexibility index (Phi) is 9.83. The van der Waals surface area contributed by atoms with Crippen LogP contribution in [0.3, 0.4) is 0 Å². The van der Waals surface area contributed by atoms with Gasteiger partial charge in [-0.1, -0.05) is 54.7 Å². The molecule has 4 nitrogen and oxygen atoms in total. The highest BCUT2D eigenvalue weighted by atomic mass is 127. The van der Waals surface area contributed by atoms with Crippen molar-refractivity contribution in [2.24, 2.45) is 11.8 Å². The van der Waals surface area contributed by atoms with Crippen molar-refractivity contribution in [3.8, 4) is 0 Å². The summed E-state index contributed by atoms with van der Waals surface area (Å²) < 4.78 is 46.0. The lowest BCUT2D eigenvalue weighted by Gasteiger charge is -2.34. The second kappa shape index (κ2) is 12.1. The summed E-state index contributed by atoms with van der Waals surface area (Å²) in [4.78, 5) is 25.9. The van der Waals surface area contributed by atoms with Crippen LogP contribution in [0.5, 0.6) is 0 Å². The van der Waals surface area contributed by atoms with Crippen LogP contribution in [-0.4, -0.2) is 21.7 Å². The number of carbonyl (C=O) groups is 2. The molecule has 37 heavy (non-hydrogen) atoms. The number of hydrogen-bond acceptors (Lipinski definition) is 3. The Morgan fingerprint density at radius 2 is 1.68 bits per heavy atom. The minimum atomic E-state index is -4.60. The van der Waals surface area contributed by atoms with Crippen LogP contribution in [-0.2, 0) is 14.3 Å². The number of nitrogens with one attached hydrogen (secondary N) is 1. The van der Waals surface area contributed by atoms with Crippen LogP contribution < -0.4 is 5.32 Å². The fraction of sp³-hybridized carbons (Fsp3) is 0.481. The Morgan fingerprint density at radius 1 is 1.08 bits per heavy atom. The van der Waals surface area contributed by atoms with E-state index in [1.807, 2.05) is 22.6 Å². The van der Waals surface area contributed by atoms with Gasteiger partial charge in [0.15, 0.2) is 3.61 Å². The summed E-state index contributed by atoms with van der Waals surface area (Å²) in [6, 6.07) is 10.8. The van der Waals surface area contributed by atoms with E-state index in [-0.39, 0.29) is 40.5 Å². The first-order valence-corrected chi connectivity index (χ1v) is 13.8. The van der Waals surface area contributed by atoms with Crippen LogP contribution in [0.1, 0.15) is 69.4 Å². The van der Waals surface area contributed by atoms with Crippen LogP contribution in [0.4, 0.5) is 18.9 Å². The normalized spacial score (nSPS) is 16.9. The monoisotopic (exact) mass is 669 g/mol. The molecule has 2 aromatic rings. The molecular formula is C27H29Cl2F3INO3. The standard InChI is InChI=1S/C27H29Cl2F3INO3/c1-15(27(30,31)32)24(17-7-10-19(28)11-8-17)25(36)34-22-13-18(9-12-21(22)29)20(16-5-4-6-16)14-23(35)37-26(2,3)33/h7-13,15-16,20,24H,4-6,14H2,1-3H3,(H,34,36)/t15-,20?,24+/m1/s1. The third kappa shape index (κ3) is 8.23. The van der Waals surface area contributed by atoms with E-state index >= 15 is 0 Å². The van der Waals surface area contributed by atoms with Crippen molar-refractivity contribution < 1.29 is 27.5 Å². The van der Waals surface area contributed by atoms with E-state index in [0.717, 1.165) is 31.7 Å². The summed E-state index contributed by atoms with van der Waals surface area (Å²) in [6.45, 7) is 4.56. The minimum absolute atomic E-state index is 0.157.